The summed E-state index contributed by atoms with van der Waals surface area (Å²) in [6, 6.07) is 0. The number of hydrogen-bond donors (Lipinski definition) is 2. The molecule has 2 nitrogen and oxygen atoms in total. The molecule has 0 atom stereocenters. The summed E-state index contributed by atoms with van der Waals surface area (Å²) < 4.78 is 0. The molecule has 0 unspecified atom stereocenters. The fourth-order valence-electron chi connectivity index (χ4n) is 1.62. The number of rotatable bonds is 7. The first-order valence-corrected chi connectivity index (χ1v) is 5.32. The van der Waals surface area contributed by atoms with Gasteiger partial charge in [-0.3, -0.25) is 0 Å². The van der Waals surface area contributed by atoms with E-state index in [4.69, 9.17) is 0 Å². The molecular formula is C11H24O2. The van der Waals surface area contributed by atoms with E-state index in [2.05, 4.69) is 20.8 Å². The van der Waals surface area contributed by atoms with Crippen molar-refractivity contribution in [2.75, 3.05) is 13.2 Å². The van der Waals surface area contributed by atoms with Crippen LogP contribution >= 0.6 is 0 Å². The van der Waals surface area contributed by atoms with E-state index >= 15 is 0 Å². The number of aliphatic hydroxyl groups is 2. The van der Waals surface area contributed by atoms with Crippen molar-refractivity contribution < 1.29 is 10.2 Å². The monoisotopic (exact) mass is 188 g/mol. The van der Waals surface area contributed by atoms with Crippen LogP contribution in [0, 0.1) is 11.3 Å². The third-order valence-electron chi connectivity index (χ3n) is 2.70. The summed E-state index contributed by atoms with van der Waals surface area (Å²) in [6.45, 7) is 6.67. The molecule has 0 aromatic heterocycles. The molecule has 0 aromatic rings. The molecule has 2 heteroatoms. The Hall–Kier alpha value is -0.0800. The zero-order chi connectivity index (χ0) is 10.3. The zero-order valence-corrected chi connectivity index (χ0v) is 9.21. The molecule has 0 bridgehead atoms. The number of hydrogen-bond acceptors (Lipinski definition) is 2. The maximum Gasteiger partial charge on any atom is 0.0509 e. The second-order valence-corrected chi connectivity index (χ2v) is 4.50. The highest BCUT2D eigenvalue weighted by Crippen LogP contribution is 2.30. The Kier molecular flexibility index (Phi) is 6.35. The van der Waals surface area contributed by atoms with Gasteiger partial charge >= 0.3 is 0 Å². The van der Waals surface area contributed by atoms with Crippen molar-refractivity contribution in [1.82, 2.24) is 0 Å². The quantitative estimate of drug-likeness (QED) is 0.643. The van der Waals surface area contributed by atoms with Gasteiger partial charge in [-0.2, -0.15) is 0 Å². The van der Waals surface area contributed by atoms with E-state index in [9.17, 15) is 10.2 Å². The van der Waals surface area contributed by atoms with Crippen LogP contribution in [0.3, 0.4) is 0 Å². The second kappa shape index (κ2) is 6.39. The number of aliphatic hydroxyl groups excluding tert-OH is 2. The molecule has 0 saturated carbocycles. The van der Waals surface area contributed by atoms with Gasteiger partial charge in [-0.05, 0) is 18.8 Å². The van der Waals surface area contributed by atoms with Gasteiger partial charge in [-0.1, -0.05) is 33.6 Å². The van der Waals surface area contributed by atoms with Crippen LogP contribution in [0.1, 0.15) is 46.5 Å². The highest BCUT2D eigenvalue weighted by Gasteiger charge is 2.27. The summed E-state index contributed by atoms with van der Waals surface area (Å²) in [5.74, 6) is 0.648. The Morgan fingerprint density at radius 3 is 1.92 bits per heavy atom. The molecule has 2 N–H and O–H groups in total. The summed E-state index contributed by atoms with van der Waals surface area (Å²) in [4.78, 5) is 0. The Bertz CT molecular complexity index is 117. The van der Waals surface area contributed by atoms with Gasteiger partial charge in [-0.25, -0.2) is 0 Å². The van der Waals surface area contributed by atoms with Crippen LogP contribution in [-0.4, -0.2) is 23.4 Å². The maximum atomic E-state index is 9.26. The van der Waals surface area contributed by atoms with E-state index in [0.717, 1.165) is 25.7 Å². The van der Waals surface area contributed by atoms with Crippen LogP contribution in [-0.2, 0) is 0 Å². The lowest BCUT2D eigenvalue weighted by atomic mass is 9.79. The van der Waals surface area contributed by atoms with Crippen LogP contribution in [0.2, 0.25) is 0 Å². The summed E-state index contributed by atoms with van der Waals surface area (Å²) in [5, 5.41) is 18.5. The van der Waals surface area contributed by atoms with Crippen LogP contribution in [0.15, 0.2) is 0 Å². The first-order valence-electron chi connectivity index (χ1n) is 5.32. The van der Waals surface area contributed by atoms with Gasteiger partial charge in [-0.15, -0.1) is 0 Å². The highest BCUT2D eigenvalue weighted by atomic mass is 16.3. The van der Waals surface area contributed by atoms with E-state index in [0.29, 0.717) is 5.92 Å². The van der Waals surface area contributed by atoms with E-state index in [1.807, 2.05) is 0 Å². The molecule has 0 spiro atoms. The van der Waals surface area contributed by atoms with Crippen LogP contribution in [0.25, 0.3) is 0 Å². The predicted octanol–water partition coefficient (Wildman–Crippen LogP) is 2.19. The van der Waals surface area contributed by atoms with Crippen molar-refractivity contribution in [1.29, 1.82) is 0 Å². The average Bonchev–Trinajstić information content (AvgIpc) is 2.12. The Morgan fingerprint density at radius 1 is 1.08 bits per heavy atom. The molecule has 0 aliphatic rings. The lowest BCUT2D eigenvalue weighted by Gasteiger charge is -2.30. The third-order valence-corrected chi connectivity index (χ3v) is 2.70. The molecule has 0 aliphatic carbocycles. The lowest BCUT2D eigenvalue weighted by Crippen LogP contribution is -2.30. The largest absolute Gasteiger partial charge is 0.396 e. The Balaban J connectivity index is 4.04. The average molecular weight is 188 g/mol. The summed E-state index contributed by atoms with van der Waals surface area (Å²) in [5.41, 5.74) is -0.223. The Morgan fingerprint density at radius 2 is 1.62 bits per heavy atom. The summed E-state index contributed by atoms with van der Waals surface area (Å²) in [6.07, 6.45) is 3.97. The molecule has 0 rings (SSSR count). The van der Waals surface area contributed by atoms with Crippen molar-refractivity contribution in [3.63, 3.8) is 0 Å². The van der Waals surface area contributed by atoms with Gasteiger partial charge in [0.05, 0.1) is 13.2 Å². The van der Waals surface area contributed by atoms with Gasteiger partial charge in [0, 0.05) is 5.41 Å². The predicted molar refractivity (Wildman–Crippen MR) is 55.6 cm³/mol. The molecule has 0 radical (unpaired) electrons. The Labute approximate surface area is 82.0 Å². The van der Waals surface area contributed by atoms with Gasteiger partial charge in [0.15, 0.2) is 0 Å². The smallest absolute Gasteiger partial charge is 0.0509 e. The minimum absolute atomic E-state index is 0.115. The van der Waals surface area contributed by atoms with Crippen molar-refractivity contribution in [2.24, 2.45) is 11.3 Å². The molecular weight excluding hydrogens is 164 g/mol. The van der Waals surface area contributed by atoms with Crippen molar-refractivity contribution in [3.05, 3.63) is 0 Å². The summed E-state index contributed by atoms with van der Waals surface area (Å²) in [7, 11) is 0. The van der Waals surface area contributed by atoms with E-state index in [-0.39, 0.29) is 18.6 Å². The highest BCUT2D eigenvalue weighted by molar-refractivity contribution is 4.77. The van der Waals surface area contributed by atoms with E-state index in [1.54, 1.807) is 0 Å². The van der Waals surface area contributed by atoms with Gasteiger partial charge < -0.3 is 10.2 Å². The molecule has 0 heterocycles. The molecule has 0 fully saturated rings. The normalized spacial score (nSPS) is 12.5. The third kappa shape index (κ3) is 4.63. The molecule has 0 aliphatic heterocycles. The van der Waals surface area contributed by atoms with Gasteiger partial charge in [0.25, 0.3) is 0 Å². The fraction of sp³-hybridized carbons (Fsp3) is 1.00. The molecule has 0 amide bonds. The zero-order valence-electron chi connectivity index (χ0n) is 9.21. The lowest BCUT2D eigenvalue weighted by molar-refractivity contribution is 0.0348. The molecule has 0 aromatic carbocycles. The van der Waals surface area contributed by atoms with Gasteiger partial charge in [0.2, 0.25) is 0 Å². The topological polar surface area (TPSA) is 40.5 Å². The van der Waals surface area contributed by atoms with Gasteiger partial charge in [0.1, 0.15) is 0 Å². The first kappa shape index (κ1) is 12.9. The van der Waals surface area contributed by atoms with E-state index < -0.39 is 0 Å². The minimum atomic E-state index is -0.223. The van der Waals surface area contributed by atoms with Crippen LogP contribution < -0.4 is 0 Å². The molecule has 80 valence electrons. The van der Waals surface area contributed by atoms with Crippen molar-refractivity contribution in [3.8, 4) is 0 Å². The fourth-order valence-corrected chi connectivity index (χ4v) is 1.62. The SMILES string of the molecule is CCCC(CO)(CO)CCC(C)C. The van der Waals surface area contributed by atoms with Crippen LogP contribution in [0.4, 0.5) is 0 Å². The first-order chi connectivity index (χ1) is 6.10. The van der Waals surface area contributed by atoms with E-state index in [1.165, 1.54) is 0 Å². The summed E-state index contributed by atoms with van der Waals surface area (Å²) >= 11 is 0. The molecule has 13 heavy (non-hydrogen) atoms. The second-order valence-electron chi connectivity index (χ2n) is 4.50. The minimum Gasteiger partial charge on any atom is -0.396 e. The van der Waals surface area contributed by atoms with Crippen molar-refractivity contribution >= 4 is 0 Å². The maximum absolute atomic E-state index is 9.26. The van der Waals surface area contributed by atoms with Crippen molar-refractivity contribution in [2.45, 2.75) is 46.5 Å². The molecule has 0 saturated heterocycles. The van der Waals surface area contributed by atoms with Crippen LogP contribution in [0.5, 0.6) is 0 Å². The standard InChI is InChI=1S/C11H24O2/c1-4-6-11(8-12,9-13)7-5-10(2)3/h10,12-13H,4-9H2,1-3H3.